The number of aromatic nitrogens is 2. The summed E-state index contributed by atoms with van der Waals surface area (Å²) in [5.74, 6) is 0. The van der Waals surface area contributed by atoms with E-state index in [1.807, 2.05) is 12.1 Å². The number of nitrogens with zero attached hydrogens (tertiary/aromatic N) is 2. The van der Waals surface area contributed by atoms with E-state index in [1.165, 1.54) is 54.7 Å². The van der Waals surface area contributed by atoms with E-state index in [2.05, 4.69) is 155 Å². The van der Waals surface area contributed by atoms with Gasteiger partial charge in [-0.25, -0.2) is 0 Å². The molecule has 0 aliphatic rings. The van der Waals surface area contributed by atoms with E-state index in [-0.39, 0.29) is 0 Å². The lowest BCUT2D eigenvalue weighted by Crippen LogP contribution is -1.94. The summed E-state index contributed by atoms with van der Waals surface area (Å²) in [5, 5.41) is 7.29. The predicted molar refractivity (Wildman–Crippen MR) is 188 cm³/mol. The summed E-state index contributed by atoms with van der Waals surface area (Å²) in [6, 6.07) is 56.5. The van der Waals surface area contributed by atoms with Crippen LogP contribution in [0.1, 0.15) is 0 Å². The molecule has 3 aromatic heterocycles. The largest absolute Gasteiger partial charge is 0.456 e. The van der Waals surface area contributed by atoms with Crippen LogP contribution in [0, 0.1) is 0 Å². The van der Waals surface area contributed by atoms with Crippen LogP contribution in [0.15, 0.2) is 162 Å². The average Bonchev–Trinajstić information content (AvgIpc) is 3.76. The van der Waals surface area contributed by atoms with Gasteiger partial charge in [0.05, 0.1) is 22.1 Å². The van der Waals surface area contributed by atoms with Crippen molar-refractivity contribution >= 4 is 65.6 Å². The Hall–Kier alpha value is -6.06. The maximum Gasteiger partial charge on any atom is 0.135 e. The molecule has 0 saturated carbocycles. The van der Waals surface area contributed by atoms with Gasteiger partial charge in [-0.1, -0.05) is 97.1 Å². The molecule has 0 fully saturated rings. The Kier molecular flexibility index (Phi) is 5.00. The predicted octanol–water partition coefficient (Wildman–Crippen LogP) is 11.4. The Morgan fingerprint density at radius 1 is 0.333 bits per heavy atom. The van der Waals surface area contributed by atoms with Crippen LogP contribution in [0.2, 0.25) is 0 Å². The Morgan fingerprint density at radius 2 is 0.844 bits per heavy atom. The summed E-state index contributed by atoms with van der Waals surface area (Å²) < 4.78 is 11.0. The molecule has 210 valence electrons. The number of fused-ring (bicyclic) bond motifs is 9. The van der Waals surface area contributed by atoms with Crippen LogP contribution >= 0.6 is 0 Å². The van der Waals surface area contributed by atoms with Crippen LogP contribution in [0.25, 0.3) is 88.1 Å². The third-order valence-electron chi connectivity index (χ3n) is 9.32. The zero-order chi connectivity index (χ0) is 29.5. The average molecular weight is 575 g/mol. The molecule has 10 rings (SSSR count). The first-order valence-electron chi connectivity index (χ1n) is 15.4. The molecule has 3 nitrogen and oxygen atoms in total. The first-order valence-corrected chi connectivity index (χ1v) is 15.4. The minimum Gasteiger partial charge on any atom is -0.456 e. The van der Waals surface area contributed by atoms with E-state index >= 15 is 0 Å². The van der Waals surface area contributed by atoms with Gasteiger partial charge in [-0.15, -0.1) is 0 Å². The Morgan fingerprint density at radius 3 is 1.51 bits per heavy atom. The minimum absolute atomic E-state index is 0.905. The van der Waals surface area contributed by atoms with E-state index in [1.54, 1.807) is 0 Å². The number of furan rings is 1. The van der Waals surface area contributed by atoms with Crippen LogP contribution in [-0.2, 0) is 0 Å². The van der Waals surface area contributed by atoms with E-state index in [9.17, 15) is 0 Å². The highest BCUT2D eigenvalue weighted by molar-refractivity contribution is 6.22. The van der Waals surface area contributed by atoms with Crippen molar-refractivity contribution in [3.8, 4) is 22.5 Å². The molecule has 0 unspecified atom stereocenters. The lowest BCUT2D eigenvalue weighted by Gasteiger charge is -2.11. The first-order chi connectivity index (χ1) is 22.3. The maximum atomic E-state index is 6.18. The van der Waals surface area contributed by atoms with Gasteiger partial charge in [-0.3, -0.25) is 0 Å². The lowest BCUT2D eigenvalue weighted by molar-refractivity contribution is 0.669. The molecule has 0 saturated heterocycles. The fourth-order valence-electron chi connectivity index (χ4n) is 7.47. The SMILES string of the molecule is c1ccc(-n2c3ccccc3c3c(-c4cccc5c4c4ccccc4n5-c4ccc5oc6ccccc6c5c4)cccc32)cc1. The van der Waals surface area contributed by atoms with Crippen molar-refractivity contribution in [1.82, 2.24) is 9.13 Å². The van der Waals surface area contributed by atoms with Crippen molar-refractivity contribution in [3.63, 3.8) is 0 Å². The third kappa shape index (κ3) is 3.41. The monoisotopic (exact) mass is 574 g/mol. The molecule has 3 heteroatoms. The van der Waals surface area contributed by atoms with Crippen LogP contribution in [0.3, 0.4) is 0 Å². The maximum absolute atomic E-state index is 6.18. The zero-order valence-electron chi connectivity index (χ0n) is 24.3. The summed E-state index contributed by atoms with van der Waals surface area (Å²) in [6.07, 6.45) is 0. The second-order valence-corrected chi connectivity index (χ2v) is 11.7. The molecule has 0 amide bonds. The van der Waals surface area contributed by atoms with E-state index in [4.69, 9.17) is 4.42 Å². The van der Waals surface area contributed by atoms with Crippen LogP contribution < -0.4 is 0 Å². The van der Waals surface area contributed by atoms with Crippen LogP contribution in [-0.4, -0.2) is 9.13 Å². The summed E-state index contributed by atoms with van der Waals surface area (Å²) in [4.78, 5) is 0. The quantitative estimate of drug-likeness (QED) is 0.206. The molecule has 45 heavy (non-hydrogen) atoms. The number of benzene rings is 7. The van der Waals surface area contributed by atoms with E-state index in [0.717, 1.165) is 33.3 Å². The number of para-hydroxylation sites is 4. The molecule has 0 N–H and O–H groups in total. The van der Waals surface area contributed by atoms with Gasteiger partial charge in [0.2, 0.25) is 0 Å². The highest BCUT2D eigenvalue weighted by atomic mass is 16.3. The molecule has 3 heterocycles. The molecular formula is C42H26N2O. The molecule has 0 atom stereocenters. The topological polar surface area (TPSA) is 23.0 Å². The van der Waals surface area contributed by atoms with Crippen molar-refractivity contribution in [2.75, 3.05) is 0 Å². The molecule has 0 aliphatic heterocycles. The smallest absolute Gasteiger partial charge is 0.135 e. The van der Waals surface area contributed by atoms with Crippen molar-refractivity contribution in [1.29, 1.82) is 0 Å². The Labute approximate surface area is 258 Å². The normalized spacial score (nSPS) is 12.0. The highest BCUT2D eigenvalue weighted by Crippen LogP contribution is 2.44. The molecule has 7 aromatic carbocycles. The fraction of sp³-hybridized carbons (Fsp3) is 0. The van der Waals surface area contributed by atoms with Gasteiger partial charge < -0.3 is 13.6 Å². The van der Waals surface area contributed by atoms with Gasteiger partial charge in [0.15, 0.2) is 0 Å². The zero-order valence-corrected chi connectivity index (χ0v) is 24.3. The van der Waals surface area contributed by atoms with Crippen LogP contribution in [0.4, 0.5) is 0 Å². The second-order valence-electron chi connectivity index (χ2n) is 11.7. The summed E-state index contributed by atoms with van der Waals surface area (Å²) in [6.45, 7) is 0. The van der Waals surface area contributed by atoms with E-state index < -0.39 is 0 Å². The molecular weight excluding hydrogens is 548 g/mol. The van der Waals surface area contributed by atoms with Crippen molar-refractivity contribution in [2.24, 2.45) is 0 Å². The second kappa shape index (κ2) is 9.22. The fourth-order valence-corrected chi connectivity index (χ4v) is 7.47. The van der Waals surface area contributed by atoms with Crippen molar-refractivity contribution < 1.29 is 4.42 Å². The van der Waals surface area contributed by atoms with Crippen molar-refractivity contribution in [2.45, 2.75) is 0 Å². The van der Waals surface area contributed by atoms with Gasteiger partial charge >= 0.3 is 0 Å². The van der Waals surface area contributed by atoms with Gasteiger partial charge in [-0.2, -0.15) is 0 Å². The number of rotatable bonds is 3. The molecule has 10 aromatic rings. The van der Waals surface area contributed by atoms with Crippen molar-refractivity contribution in [3.05, 3.63) is 158 Å². The lowest BCUT2D eigenvalue weighted by atomic mass is 9.95. The minimum atomic E-state index is 0.905. The molecule has 0 spiro atoms. The summed E-state index contributed by atoms with van der Waals surface area (Å²) >= 11 is 0. The van der Waals surface area contributed by atoms with Gasteiger partial charge in [0, 0.05) is 43.7 Å². The number of hydrogen-bond donors (Lipinski definition) is 0. The first kappa shape index (κ1) is 24.4. The van der Waals surface area contributed by atoms with Gasteiger partial charge in [0.1, 0.15) is 11.2 Å². The third-order valence-corrected chi connectivity index (χ3v) is 9.32. The summed E-state index contributed by atoms with van der Waals surface area (Å²) in [5.41, 5.74) is 11.4. The van der Waals surface area contributed by atoms with E-state index in [0.29, 0.717) is 0 Å². The molecule has 0 radical (unpaired) electrons. The highest BCUT2D eigenvalue weighted by Gasteiger charge is 2.21. The Bertz CT molecular complexity index is 2760. The number of hydrogen-bond acceptors (Lipinski definition) is 1. The standard InChI is InChI=1S/C42H26N2O/c1-2-12-27(13-3-1)43-35-19-7-4-15-32(35)41-30(17-10-21-37(41)43)31-18-11-22-38-42(31)33-16-5-8-20-36(33)44(38)28-24-25-40-34(26-28)29-14-6-9-23-39(29)45-40/h1-26H. The molecule has 0 bridgehead atoms. The Balaban J connectivity index is 1.30. The van der Waals surface area contributed by atoms with Gasteiger partial charge in [0.25, 0.3) is 0 Å². The van der Waals surface area contributed by atoms with Gasteiger partial charge in [-0.05, 0) is 71.8 Å². The van der Waals surface area contributed by atoms with Crippen LogP contribution in [0.5, 0.6) is 0 Å². The molecule has 0 aliphatic carbocycles. The summed E-state index contributed by atoms with van der Waals surface area (Å²) in [7, 11) is 0.